The molecule has 0 atom stereocenters. The van der Waals surface area contributed by atoms with E-state index in [1.165, 1.54) is 7.05 Å². The Bertz CT molecular complexity index is 380. The van der Waals surface area contributed by atoms with Gasteiger partial charge in [0.2, 0.25) is 5.91 Å². The zero-order valence-corrected chi connectivity index (χ0v) is 10.1. The molecule has 0 aliphatic heterocycles. The molecule has 1 aromatic rings. The van der Waals surface area contributed by atoms with Gasteiger partial charge in [-0.3, -0.25) is 9.80 Å². The quantitative estimate of drug-likeness (QED) is 0.496. The van der Waals surface area contributed by atoms with Crippen molar-refractivity contribution in [2.45, 2.75) is 12.8 Å². The van der Waals surface area contributed by atoms with Crippen LogP contribution in [0.15, 0.2) is 18.2 Å². The van der Waals surface area contributed by atoms with E-state index in [1.54, 1.807) is 13.2 Å². The van der Waals surface area contributed by atoms with Gasteiger partial charge in [0.15, 0.2) is 0 Å². The molecule has 88 valence electrons. The SMILES string of the molecule is COc1ccc(CCC(=O)N(C)N)c(Cl)c1. The first-order valence-corrected chi connectivity index (χ1v) is 5.26. The van der Waals surface area contributed by atoms with Crippen LogP contribution >= 0.6 is 11.6 Å². The molecule has 0 unspecified atom stereocenters. The Morgan fingerprint density at radius 1 is 1.56 bits per heavy atom. The van der Waals surface area contributed by atoms with Crippen LogP contribution in [0.25, 0.3) is 0 Å². The van der Waals surface area contributed by atoms with Crippen molar-refractivity contribution in [3.63, 3.8) is 0 Å². The monoisotopic (exact) mass is 242 g/mol. The van der Waals surface area contributed by atoms with Crippen LogP contribution in [0.2, 0.25) is 5.02 Å². The average molecular weight is 243 g/mol. The van der Waals surface area contributed by atoms with Gasteiger partial charge >= 0.3 is 0 Å². The van der Waals surface area contributed by atoms with E-state index in [2.05, 4.69) is 0 Å². The number of carbonyl (C=O) groups is 1. The van der Waals surface area contributed by atoms with Crippen LogP contribution in [0, 0.1) is 0 Å². The Hall–Kier alpha value is -1.26. The predicted molar refractivity (Wildman–Crippen MR) is 63.3 cm³/mol. The number of hydrazine groups is 1. The Morgan fingerprint density at radius 2 is 2.25 bits per heavy atom. The molecule has 0 aromatic heterocycles. The van der Waals surface area contributed by atoms with E-state index in [1.807, 2.05) is 12.1 Å². The van der Waals surface area contributed by atoms with Crippen LogP contribution in [0.4, 0.5) is 0 Å². The van der Waals surface area contributed by atoms with Crippen molar-refractivity contribution in [1.29, 1.82) is 0 Å². The van der Waals surface area contributed by atoms with Gasteiger partial charge in [0.25, 0.3) is 0 Å². The lowest BCUT2D eigenvalue weighted by atomic mass is 10.1. The molecule has 0 saturated heterocycles. The molecule has 0 aliphatic carbocycles. The minimum absolute atomic E-state index is 0.119. The lowest BCUT2D eigenvalue weighted by molar-refractivity contribution is -0.130. The number of carbonyl (C=O) groups excluding carboxylic acids is 1. The highest BCUT2D eigenvalue weighted by molar-refractivity contribution is 6.31. The van der Waals surface area contributed by atoms with E-state index in [0.717, 1.165) is 10.6 Å². The summed E-state index contributed by atoms with van der Waals surface area (Å²) in [6.07, 6.45) is 0.919. The molecule has 1 aromatic carbocycles. The topological polar surface area (TPSA) is 55.6 Å². The fourth-order valence-electron chi connectivity index (χ4n) is 1.28. The van der Waals surface area contributed by atoms with Crippen LogP contribution in [0.5, 0.6) is 5.75 Å². The summed E-state index contributed by atoms with van der Waals surface area (Å²) < 4.78 is 5.03. The van der Waals surface area contributed by atoms with E-state index in [4.69, 9.17) is 22.2 Å². The number of aryl methyl sites for hydroxylation is 1. The van der Waals surface area contributed by atoms with E-state index in [9.17, 15) is 4.79 Å². The molecule has 0 aliphatic rings. The molecule has 0 spiro atoms. The first kappa shape index (κ1) is 12.8. The Morgan fingerprint density at radius 3 is 2.75 bits per heavy atom. The molecule has 0 radical (unpaired) electrons. The van der Waals surface area contributed by atoms with E-state index >= 15 is 0 Å². The lowest BCUT2D eigenvalue weighted by Crippen LogP contribution is -2.33. The van der Waals surface area contributed by atoms with Crippen molar-refractivity contribution in [3.8, 4) is 5.75 Å². The maximum atomic E-state index is 11.3. The third-order valence-electron chi connectivity index (χ3n) is 2.26. The number of rotatable bonds is 4. The predicted octanol–water partition coefficient (Wildman–Crippen LogP) is 1.61. The van der Waals surface area contributed by atoms with Gasteiger partial charge in [0.05, 0.1) is 7.11 Å². The average Bonchev–Trinajstić information content (AvgIpc) is 2.26. The van der Waals surface area contributed by atoms with Crippen LogP contribution in [-0.4, -0.2) is 25.1 Å². The maximum Gasteiger partial charge on any atom is 0.236 e. The first-order chi connectivity index (χ1) is 7.54. The highest BCUT2D eigenvalue weighted by Crippen LogP contribution is 2.23. The molecule has 5 heteroatoms. The molecule has 0 saturated carbocycles. The summed E-state index contributed by atoms with van der Waals surface area (Å²) >= 11 is 6.04. The van der Waals surface area contributed by atoms with Crippen molar-refractivity contribution in [2.24, 2.45) is 5.84 Å². The van der Waals surface area contributed by atoms with E-state index in [-0.39, 0.29) is 5.91 Å². The van der Waals surface area contributed by atoms with Gasteiger partial charge in [-0.2, -0.15) is 0 Å². The van der Waals surface area contributed by atoms with Crippen molar-refractivity contribution in [3.05, 3.63) is 28.8 Å². The fraction of sp³-hybridized carbons (Fsp3) is 0.364. The number of benzene rings is 1. The number of halogens is 1. The molecule has 1 amide bonds. The second kappa shape index (κ2) is 5.72. The largest absolute Gasteiger partial charge is 0.497 e. The second-order valence-corrected chi connectivity index (χ2v) is 3.87. The molecule has 0 fully saturated rings. The fourth-order valence-corrected chi connectivity index (χ4v) is 1.54. The van der Waals surface area contributed by atoms with Crippen molar-refractivity contribution in [2.75, 3.05) is 14.2 Å². The minimum atomic E-state index is -0.119. The first-order valence-electron chi connectivity index (χ1n) is 4.88. The molecule has 2 N–H and O–H groups in total. The normalized spacial score (nSPS) is 10.0. The zero-order chi connectivity index (χ0) is 12.1. The van der Waals surface area contributed by atoms with Gasteiger partial charge in [-0.05, 0) is 24.1 Å². The molecule has 16 heavy (non-hydrogen) atoms. The van der Waals surface area contributed by atoms with Crippen molar-refractivity contribution in [1.82, 2.24) is 5.01 Å². The summed E-state index contributed by atoms with van der Waals surface area (Å²) in [6, 6.07) is 5.40. The summed E-state index contributed by atoms with van der Waals surface area (Å²) in [5.41, 5.74) is 0.915. The Balaban J connectivity index is 2.64. The molecular weight excluding hydrogens is 228 g/mol. The number of nitrogens with two attached hydrogens (primary N) is 1. The standard InChI is InChI=1S/C11H15ClN2O2/c1-14(13)11(15)6-4-8-3-5-9(16-2)7-10(8)12/h3,5,7H,4,6,13H2,1-2H3. The number of hydrogen-bond acceptors (Lipinski definition) is 3. The maximum absolute atomic E-state index is 11.3. The summed E-state index contributed by atoms with van der Waals surface area (Å²) in [6.45, 7) is 0. The Labute approximate surface area is 99.9 Å². The van der Waals surface area contributed by atoms with Crippen molar-refractivity contribution < 1.29 is 9.53 Å². The molecular formula is C11H15ClN2O2. The highest BCUT2D eigenvalue weighted by Gasteiger charge is 2.07. The lowest BCUT2D eigenvalue weighted by Gasteiger charge is -2.10. The van der Waals surface area contributed by atoms with Gasteiger partial charge < -0.3 is 4.74 Å². The second-order valence-electron chi connectivity index (χ2n) is 3.46. The number of amides is 1. The van der Waals surface area contributed by atoms with Crippen LogP contribution in [-0.2, 0) is 11.2 Å². The number of hydrogen-bond donors (Lipinski definition) is 1. The summed E-state index contributed by atoms with van der Waals surface area (Å²) in [5, 5.41) is 1.68. The van der Waals surface area contributed by atoms with Crippen molar-refractivity contribution >= 4 is 17.5 Å². The van der Waals surface area contributed by atoms with E-state index in [0.29, 0.717) is 23.6 Å². The van der Waals surface area contributed by atoms with Gasteiger partial charge in [-0.1, -0.05) is 17.7 Å². The molecule has 1 rings (SSSR count). The number of methoxy groups -OCH3 is 1. The summed E-state index contributed by atoms with van der Waals surface area (Å²) in [5.74, 6) is 5.90. The van der Waals surface area contributed by atoms with Gasteiger partial charge in [-0.15, -0.1) is 0 Å². The number of nitrogens with zero attached hydrogens (tertiary/aromatic N) is 1. The van der Waals surface area contributed by atoms with Crippen LogP contribution < -0.4 is 10.6 Å². The van der Waals surface area contributed by atoms with Gasteiger partial charge in [0, 0.05) is 18.5 Å². The van der Waals surface area contributed by atoms with E-state index < -0.39 is 0 Å². The summed E-state index contributed by atoms with van der Waals surface area (Å²) in [7, 11) is 3.11. The van der Waals surface area contributed by atoms with Gasteiger partial charge in [0.1, 0.15) is 5.75 Å². The molecule has 0 heterocycles. The molecule has 0 bridgehead atoms. The number of ether oxygens (including phenoxy) is 1. The zero-order valence-electron chi connectivity index (χ0n) is 9.37. The smallest absolute Gasteiger partial charge is 0.236 e. The van der Waals surface area contributed by atoms with Crippen LogP contribution in [0.3, 0.4) is 0 Å². The van der Waals surface area contributed by atoms with Crippen LogP contribution in [0.1, 0.15) is 12.0 Å². The third kappa shape index (κ3) is 3.40. The van der Waals surface area contributed by atoms with Gasteiger partial charge in [-0.25, -0.2) is 5.84 Å². The molecule has 4 nitrogen and oxygen atoms in total. The Kier molecular flexibility index (Phi) is 4.58. The minimum Gasteiger partial charge on any atom is -0.497 e. The summed E-state index contributed by atoms with van der Waals surface area (Å²) in [4.78, 5) is 11.3. The third-order valence-corrected chi connectivity index (χ3v) is 2.61. The highest BCUT2D eigenvalue weighted by atomic mass is 35.5.